The first-order valence-electron chi connectivity index (χ1n) is 4.58. The van der Waals surface area contributed by atoms with Crippen molar-refractivity contribution in [2.45, 2.75) is 13.0 Å². The Labute approximate surface area is 84.5 Å². The lowest BCUT2D eigenvalue weighted by atomic mass is 10.0. The molecule has 14 heavy (non-hydrogen) atoms. The van der Waals surface area contributed by atoms with Gasteiger partial charge in [-0.15, -0.1) is 0 Å². The van der Waals surface area contributed by atoms with E-state index in [1.807, 2.05) is 20.0 Å². The van der Waals surface area contributed by atoms with Gasteiger partial charge in [-0.05, 0) is 25.6 Å². The van der Waals surface area contributed by atoms with Crippen LogP contribution in [0.1, 0.15) is 17.2 Å². The average Bonchev–Trinajstić information content (AvgIpc) is 2.16. The third-order valence-corrected chi connectivity index (χ3v) is 2.27. The summed E-state index contributed by atoms with van der Waals surface area (Å²) in [5.41, 5.74) is 7.98. The van der Waals surface area contributed by atoms with Gasteiger partial charge < -0.3 is 15.8 Å². The Morgan fingerprint density at radius 3 is 2.86 bits per heavy atom. The molecular weight excluding hydrogens is 178 g/mol. The maximum absolute atomic E-state index is 5.82. The van der Waals surface area contributed by atoms with Crippen LogP contribution in [0.5, 0.6) is 0 Å². The molecule has 0 bridgehead atoms. The average molecular weight is 195 g/mol. The minimum Gasteiger partial charge on any atom is -0.383 e. The fourth-order valence-electron chi connectivity index (χ4n) is 1.52. The number of hydrogen-bond donors (Lipinski definition) is 2. The fourth-order valence-corrected chi connectivity index (χ4v) is 1.52. The molecule has 0 aromatic carbocycles. The highest BCUT2D eigenvalue weighted by Crippen LogP contribution is 2.21. The molecule has 0 aliphatic rings. The molecule has 78 valence electrons. The summed E-state index contributed by atoms with van der Waals surface area (Å²) >= 11 is 0. The Hall–Kier alpha value is -1.13. The van der Waals surface area contributed by atoms with Gasteiger partial charge in [-0.1, -0.05) is 0 Å². The number of methoxy groups -OCH3 is 1. The number of nitrogens with one attached hydrogen (secondary N) is 1. The van der Waals surface area contributed by atoms with E-state index in [1.54, 1.807) is 13.3 Å². The second kappa shape index (κ2) is 4.93. The van der Waals surface area contributed by atoms with E-state index in [9.17, 15) is 0 Å². The van der Waals surface area contributed by atoms with Crippen molar-refractivity contribution in [1.29, 1.82) is 0 Å². The van der Waals surface area contributed by atoms with E-state index in [1.165, 1.54) is 0 Å². The SMILES string of the molecule is CNC(COC)c1c(C)ccnc1N. The molecule has 4 heteroatoms. The van der Waals surface area contributed by atoms with Crippen LogP contribution in [0.2, 0.25) is 0 Å². The van der Waals surface area contributed by atoms with E-state index < -0.39 is 0 Å². The Bertz CT molecular complexity index is 281. The lowest BCUT2D eigenvalue weighted by molar-refractivity contribution is 0.170. The van der Waals surface area contributed by atoms with Crippen molar-refractivity contribution in [3.8, 4) is 0 Å². The maximum Gasteiger partial charge on any atom is 0.128 e. The number of aromatic nitrogens is 1. The third kappa shape index (κ3) is 2.21. The number of anilines is 1. The topological polar surface area (TPSA) is 60.2 Å². The highest BCUT2D eigenvalue weighted by Gasteiger charge is 2.14. The molecule has 1 rings (SSSR count). The van der Waals surface area contributed by atoms with Crippen LogP contribution in [0.3, 0.4) is 0 Å². The Morgan fingerprint density at radius 2 is 2.36 bits per heavy atom. The number of hydrogen-bond acceptors (Lipinski definition) is 4. The molecule has 0 fully saturated rings. The predicted molar refractivity (Wildman–Crippen MR) is 57.1 cm³/mol. The zero-order chi connectivity index (χ0) is 10.6. The molecule has 1 unspecified atom stereocenters. The predicted octanol–water partition coefficient (Wildman–Crippen LogP) is 0.879. The second-order valence-corrected chi connectivity index (χ2v) is 3.22. The largest absolute Gasteiger partial charge is 0.383 e. The van der Waals surface area contributed by atoms with Crippen LogP contribution in [-0.2, 0) is 4.74 Å². The highest BCUT2D eigenvalue weighted by atomic mass is 16.5. The molecule has 0 radical (unpaired) electrons. The molecule has 0 saturated carbocycles. The summed E-state index contributed by atoms with van der Waals surface area (Å²) in [5.74, 6) is 0.571. The molecule has 0 aliphatic heterocycles. The van der Waals surface area contributed by atoms with Crippen molar-refractivity contribution in [3.05, 3.63) is 23.4 Å². The number of aryl methyl sites for hydroxylation is 1. The molecule has 1 heterocycles. The number of nitrogens with two attached hydrogens (primary N) is 1. The second-order valence-electron chi connectivity index (χ2n) is 3.22. The van der Waals surface area contributed by atoms with Crippen molar-refractivity contribution < 1.29 is 4.74 Å². The Morgan fingerprint density at radius 1 is 1.64 bits per heavy atom. The molecule has 0 saturated heterocycles. The summed E-state index contributed by atoms with van der Waals surface area (Å²) in [6, 6.07) is 2.06. The summed E-state index contributed by atoms with van der Waals surface area (Å²) in [6.07, 6.45) is 1.72. The van der Waals surface area contributed by atoms with Gasteiger partial charge in [0.15, 0.2) is 0 Å². The van der Waals surface area contributed by atoms with Crippen LogP contribution >= 0.6 is 0 Å². The maximum atomic E-state index is 5.82. The van der Waals surface area contributed by atoms with Crippen LogP contribution in [0.15, 0.2) is 12.3 Å². The standard InChI is InChI=1S/C10H17N3O/c1-7-4-5-13-10(11)9(7)8(12-2)6-14-3/h4-5,8,12H,6H2,1-3H3,(H2,11,13). The number of likely N-dealkylation sites (N-methyl/N-ethyl adjacent to an activating group) is 1. The summed E-state index contributed by atoms with van der Waals surface area (Å²) < 4.78 is 5.11. The number of pyridine rings is 1. The van der Waals surface area contributed by atoms with Crippen molar-refractivity contribution >= 4 is 5.82 Å². The summed E-state index contributed by atoms with van der Waals surface area (Å²) in [5, 5.41) is 3.16. The van der Waals surface area contributed by atoms with Crippen LogP contribution in [0.4, 0.5) is 5.82 Å². The number of rotatable bonds is 4. The molecule has 0 aliphatic carbocycles. The van der Waals surface area contributed by atoms with Gasteiger partial charge in [0, 0.05) is 18.9 Å². The molecule has 0 spiro atoms. The molecule has 1 atom stereocenters. The Balaban J connectivity index is 3.02. The normalized spacial score (nSPS) is 12.8. The van der Waals surface area contributed by atoms with Crippen molar-refractivity contribution in [1.82, 2.24) is 10.3 Å². The molecule has 0 amide bonds. The van der Waals surface area contributed by atoms with E-state index >= 15 is 0 Å². The molecule has 4 nitrogen and oxygen atoms in total. The van der Waals surface area contributed by atoms with Gasteiger partial charge in [-0.3, -0.25) is 0 Å². The van der Waals surface area contributed by atoms with Crippen LogP contribution in [-0.4, -0.2) is 25.7 Å². The minimum atomic E-state index is 0.105. The van der Waals surface area contributed by atoms with Crippen molar-refractivity contribution in [3.63, 3.8) is 0 Å². The van der Waals surface area contributed by atoms with Gasteiger partial charge in [0.05, 0.1) is 12.6 Å². The number of ether oxygens (including phenoxy) is 1. The van der Waals surface area contributed by atoms with E-state index in [-0.39, 0.29) is 6.04 Å². The summed E-state index contributed by atoms with van der Waals surface area (Å²) in [7, 11) is 3.56. The summed E-state index contributed by atoms with van der Waals surface area (Å²) in [4.78, 5) is 4.07. The van der Waals surface area contributed by atoms with Gasteiger partial charge in [-0.25, -0.2) is 4.98 Å². The highest BCUT2D eigenvalue weighted by molar-refractivity contribution is 5.46. The zero-order valence-electron chi connectivity index (χ0n) is 8.87. The van der Waals surface area contributed by atoms with Crippen LogP contribution in [0, 0.1) is 6.92 Å². The van der Waals surface area contributed by atoms with Crippen LogP contribution < -0.4 is 11.1 Å². The van der Waals surface area contributed by atoms with Gasteiger partial charge in [0.2, 0.25) is 0 Å². The smallest absolute Gasteiger partial charge is 0.128 e. The zero-order valence-corrected chi connectivity index (χ0v) is 8.87. The molecular formula is C10H17N3O. The molecule has 1 aromatic heterocycles. The van der Waals surface area contributed by atoms with Gasteiger partial charge >= 0.3 is 0 Å². The molecule has 1 aromatic rings. The van der Waals surface area contributed by atoms with E-state index in [4.69, 9.17) is 10.5 Å². The third-order valence-electron chi connectivity index (χ3n) is 2.27. The summed E-state index contributed by atoms with van der Waals surface area (Å²) in [6.45, 7) is 2.61. The van der Waals surface area contributed by atoms with E-state index in [2.05, 4.69) is 10.3 Å². The van der Waals surface area contributed by atoms with Gasteiger partial charge in [0.1, 0.15) is 5.82 Å². The first-order valence-corrected chi connectivity index (χ1v) is 4.58. The van der Waals surface area contributed by atoms with E-state index in [0.29, 0.717) is 12.4 Å². The van der Waals surface area contributed by atoms with E-state index in [0.717, 1.165) is 11.1 Å². The first kappa shape index (κ1) is 10.9. The lowest BCUT2D eigenvalue weighted by Gasteiger charge is -2.18. The Kier molecular flexibility index (Phi) is 3.85. The number of nitrogen functional groups attached to an aromatic ring is 1. The quantitative estimate of drug-likeness (QED) is 0.748. The number of nitrogens with zero attached hydrogens (tertiary/aromatic N) is 1. The van der Waals surface area contributed by atoms with Crippen molar-refractivity contribution in [2.75, 3.05) is 26.5 Å². The monoisotopic (exact) mass is 195 g/mol. The molecule has 3 N–H and O–H groups in total. The van der Waals surface area contributed by atoms with Crippen molar-refractivity contribution in [2.24, 2.45) is 0 Å². The van der Waals surface area contributed by atoms with Crippen LogP contribution in [0.25, 0.3) is 0 Å². The minimum absolute atomic E-state index is 0.105. The van der Waals surface area contributed by atoms with Gasteiger partial charge in [-0.2, -0.15) is 0 Å². The first-order chi connectivity index (χ1) is 6.70. The van der Waals surface area contributed by atoms with Gasteiger partial charge in [0.25, 0.3) is 0 Å². The lowest BCUT2D eigenvalue weighted by Crippen LogP contribution is -2.23. The fraction of sp³-hybridized carbons (Fsp3) is 0.500.